The highest BCUT2D eigenvalue weighted by Crippen LogP contribution is 2.32. The molecule has 2 fully saturated rings. The number of nitrogens with one attached hydrogen (secondary N) is 1. The van der Waals surface area contributed by atoms with Crippen LogP contribution >= 0.6 is 0 Å². The lowest BCUT2D eigenvalue weighted by Crippen LogP contribution is -2.42. The highest BCUT2D eigenvalue weighted by molar-refractivity contribution is 5.79. The van der Waals surface area contributed by atoms with Crippen molar-refractivity contribution in [1.29, 1.82) is 0 Å². The van der Waals surface area contributed by atoms with Crippen LogP contribution in [0, 0.1) is 5.92 Å². The van der Waals surface area contributed by atoms with Crippen molar-refractivity contribution in [3.8, 4) is 5.75 Å². The zero-order chi connectivity index (χ0) is 19.8. The van der Waals surface area contributed by atoms with Crippen LogP contribution in [0.25, 0.3) is 0 Å². The number of para-hydroxylation sites is 1. The normalized spacial score (nSPS) is 21.7. The molecule has 2 saturated heterocycles. The smallest absolute Gasteiger partial charge is 0.193 e. The molecule has 28 heavy (non-hydrogen) atoms. The third-order valence-corrected chi connectivity index (χ3v) is 5.75. The molecule has 0 aliphatic carbocycles. The highest BCUT2D eigenvalue weighted by atomic mass is 16.5. The zero-order valence-electron chi connectivity index (χ0n) is 17.7. The van der Waals surface area contributed by atoms with E-state index >= 15 is 0 Å². The van der Waals surface area contributed by atoms with Crippen molar-refractivity contribution >= 4 is 5.96 Å². The summed E-state index contributed by atoms with van der Waals surface area (Å²) in [6, 6.07) is 8.62. The molecule has 0 amide bonds. The van der Waals surface area contributed by atoms with Crippen molar-refractivity contribution in [1.82, 2.24) is 15.1 Å². The van der Waals surface area contributed by atoms with Gasteiger partial charge in [0, 0.05) is 38.2 Å². The van der Waals surface area contributed by atoms with E-state index < -0.39 is 0 Å². The van der Waals surface area contributed by atoms with E-state index in [1.165, 1.54) is 18.4 Å². The first-order valence-electron chi connectivity index (χ1n) is 10.7. The van der Waals surface area contributed by atoms with E-state index in [2.05, 4.69) is 47.3 Å². The molecule has 2 heterocycles. The van der Waals surface area contributed by atoms with E-state index in [9.17, 15) is 0 Å². The molecule has 2 aliphatic heterocycles. The Labute approximate surface area is 169 Å². The van der Waals surface area contributed by atoms with Gasteiger partial charge in [-0.1, -0.05) is 18.2 Å². The molecular formula is C22H36N4O2. The number of guanidine groups is 1. The minimum absolute atomic E-state index is 0.246. The topological polar surface area (TPSA) is 49.3 Å². The molecule has 3 rings (SSSR count). The Balaban J connectivity index is 1.76. The van der Waals surface area contributed by atoms with Crippen LogP contribution in [-0.2, 0) is 4.74 Å². The average Bonchev–Trinajstić information content (AvgIpc) is 3.42. The standard InChI is InChI=1S/C22H36N4O2/c1-4-23-22(25(2)16-18-11-14-28-17-18)24-15-20(26-12-7-8-13-26)19-9-5-6-10-21(19)27-3/h5-6,9-10,18,20H,4,7-8,11-17H2,1-3H3,(H,23,24). The summed E-state index contributed by atoms with van der Waals surface area (Å²) >= 11 is 0. The van der Waals surface area contributed by atoms with Gasteiger partial charge in [-0.2, -0.15) is 0 Å². The minimum Gasteiger partial charge on any atom is -0.496 e. The Hall–Kier alpha value is -1.79. The molecule has 2 aliphatic rings. The van der Waals surface area contributed by atoms with Crippen molar-refractivity contribution in [2.45, 2.75) is 32.2 Å². The molecule has 0 bridgehead atoms. The molecule has 0 aromatic heterocycles. The van der Waals surface area contributed by atoms with Crippen LogP contribution in [0.1, 0.15) is 37.8 Å². The van der Waals surface area contributed by atoms with E-state index in [1.54, 1.807) is 7.11 Å². The number of ether oxygens (including phenoxy) is 2. The molecule has 1 N–H and O–H groups in total. The summed E-state index contributed by atoms with van der Waals surface area (Å²) in [4.78, 5) is 9.85. The Bertz CT molecular complexity index is 625. The summed E-state index contributed by atoms with van der Waals surface area (Å²) in [5, 5.41) is 3.47. The van der Waals surface area contributed by atoms with Gasteiger partial charge in [0.05, 0.1) is 26.3 Å². The van der Waals surface area contributed by atoms with Crippen molar-refractivity contribution in [3.63, 3.8) is 0 Å². The number of nitrogens with zero attached hydrogens (tertiary/aromatic N) is 3. The third kappa shape index (κ3) is 5.39. The molecule has 6 nitrogen and oxygen atoms in total. The molecule has 6 heteroatoms. The monoisotopic (exact) mass is 388 g/mol. The summed E-state index contributed by atoms with van der Waals surface area (Å²) in [7, 11) is 3.89. The SMILES string of the molecule is CCNC(=NCC(c1ccccc1OC)N1CCCC1)N(C)CC1CCOC1. The fraction of sp³-hybridized carbons (Fsp3) is 0.682. The van der Waals surface area contributed by atoms with Gasteiger partial charge >= 0.3 is 0 Å². The van der Waals surface area contributed by atoms with Gasteiger partial charge in [-0.15, -0.1) is 0 Å². The lowest BCUT2D eigenvalue weighted by atomic mass is 10.0. The number of methoxy groups -OCH3 is 1. The van der Waals surface area contributed by atoms with Gasteiger partial charge in [0.1, 0.15) is 5.75 Å². The van der Waals surface area contributed by atoms with E-state index in [-0.39, 0.29) is 6.04 Å². The van der Waals surface area contributed by atoms with Gasteiger partial charge in [0.25, 0.3) is 0 Å². The molecule has 1 aromatic carbocycles. The van der Waals surface area contributed by atoms with Crippen LogP contribution in [0.15, 0.2) is 29.3 Å². The molecule has 1 aromatic rings. The molecule has 0 spiro atoms. The second-order valence-corrected chi connectivity index (χ2v) is 7.81. The number of benzene rings is 1. The molecule has 0 radical (unpaired) electrons. The van der Waals surface area contributed by atoms with Crippen molar-refractivity contribution in [2.75, 3.05) is 60.1 Å². The maximum atomic E-state index is 5.66. The van der Waals surface area contributed by atoms with Gasteiger partial charge in [-0.3, -0.25) is 9.89 Å². The van der Waals surface area contributed by atoms with Crippen LogP contribution in [0.3, 0.4) is 0 Å². The van der Waals surface area contributed by atoms with Gasteiger partial charge in [0.15, 0.2) is 5.96 Å². The van der Waals surface area contributed by atoms with Crippen molar-refractivity contribution in [2.24, 2.45) is 10.9 Å². The predicted molar refractivity (Wildman–Crippen MR) is 114 cm³/mol. The summed E-state index contributed by atoms with van der Waals surface area (Å²) in [5.41, 5.74) is 1.23. The Morgan fingerprint density at radius 1 is 1.36 bits per heavy atom. The Kier molecular flexibility index (Phi) is 7.98. The number of rotatable bonds is 8. The molecule has 0 saturated carbocycles. The van der Waals surface area contributed by atoms with Crippen molar-refractivity contribution < 1.29 is 9.47 Å². The van der Waals surface area contributed by atoms with Crippen LogP contribution < -0.4 is 10.1 Å². The van der Waals surface area contributed by atoms with Crippen LogP contribution in [0.4, 0.5) is 0 Å². The highest BCUT2D eigenvalue weighted by Gasteiger charge is 2.26. The largest absolute Gasteiger partial charge is 0.496 e. The van der Waals surface area contributed by atoms with Crippen LogP contribution in [0.2, 0.25) is 0 Å². The number of aliphatic imine (C=N–C) groups is 1. The van der Waals surface area contributed by atoms with Gasteiger partial charge in [0.2, 0.25) is 0 Å². The van der Waals surface area contributed by atoms with Crippen LogP contribution in [0.5, 0.6) is 5.75 Å². The number of hydrogen-bond acceptors (Lipinski definition) is 4. The quantitative estimate of drug-likeness (QED) is 0.548. The van der Waals surface area contributed by atoms with E-state index in [4.69, 9.17) is 14.5 Å². The van der Waals surface area contributed by atoms with E-state index in [0.717, 1.165) is 64.1 Å². The predicted octanol–water partition coefficient (Wildman–Crippen LogP) is 2.77. The first-order valence-corrected chi connectivity index (χ1v) is 10.7. The molecule has 2 atom stereocenters. The summed E-state index contributed by atoms with van der Waals surface area (Å²) < 4.78 is 11.2. The van der Waals surface area contributed by atoms with Gasteiger partial charge in [-0.05, 0) is 45.3 Å². The Morgan fingerprint density at radius 2 is 2.14 bits per heavy atom. The summed E-state index contributed by atoms with van der Waals surface area (Å²) in [5.74, 6) is 2.53. The van der Waals surface area contributed by atoms with E-state index in [0.29, 0.717) is 5.92 Å². The van der Waals surface area contributed by atoms with Crippen LogP contribution in [-0.4, -0.2) is 75.9 Å². The third-order valence-electron chi connectivity index (χ3n) is 5.75. The van der Waals surface area contributed by atoms with E-state index in [1.807, 2.05) is 6.07 Å². The second-order valence-electron chi connectivity index (χ2n) is 7.81. The first-order chi connectivity index (χ1) is 13.7. The molecular weight excluding hydrogens is 352 g/mol. The van der Waals surface area contributed by atoms with Gasteiger partial charge < -0.3 is 19.7 Å². The average molecular weight is 389 g/mol. The summed E-state index contributed by atoms with van der Waals surface area (Å²) in [6.45, 7) is 8.71. The molecule has 2 unspecified atom stereocenters. The Morgan fingerprint density at radius 3 is 2.82 bits per heavy atom. The second kappa shape index (κ2) is 10.7. The fourth-order valence-electron chi connectivity index (χ4n) is 4.25. The number of hydrogen-bond donors (Lipinski definition) is 1. The molecule has 156 valence electrons. The fourth-order valence-corrected chi connectivity index (χ4v) is 4.25. The van der Waals surface area contributed by atoms with Gasteiger partial charge in [-0.25, -0.2) is 0 Å². The maximum absolute atomic E-state index is 5.66. The first kappa shape index (κ1) is 20.9. The summed E-state index contributed by atoms with van der Waals surface area (Å²) in [6.07, 6.45) is 3.66. The zero-order valence-corrected chi connectivity index (χ0v) is 17.7. The minimum atomic E-state index is 0.246. The number of likely N-dealkylation sites (tertiary alicyclic amines) is 1. The van der Waals surface area contributed by atoms with Crippen molar-refractivity contribution in [3.05, 3.63) is 29.8 Å². The lowest BCUT2D eigenvalue weighted by molar-refractivity contribution is 0.181. The lowest BCUT2D eigenvalue weighted by Gasteiger charge is -2.29. The maximum Gasteiger partial charge on any atom is 0.193 e.